The van der Waals surface area contributed by atoms with E-state index in [1.54, 1.807) is 0 Å². The highest BCUT2D eigenvalue weighted by molar-refractivity contribution is 7.70. The maximum absolute atomic E-state index is 2.80. The van der Waals surface area contributed by atoms with E-state index in [1.165, 1.54) is 68.4 Å². The first-order chi connectivity index (χ1) is 13.3. The molecule has 0 bridgehead atoms. The van der Waals surface area contributed by atoms with Crippen molar-refractivity contribution in [3.8, 4) is 0 Å². The molecular weight excluding hydrogens is 345 g/mol. The molecule has 2 aliphatic rings. The lowest BCUT2D eigenvalue weighted by atomic mass is 9.71. The van der Waals surface area contributed by atoms with Crippen LogP contribution in [0, 0.1) is 11.8 Å². The molecule has 144 valence electrons. The van der Waals surface area contributed by atoms with E-state index in [0.29, 0.717) is 0 Å². The molecule has 0 heterocycles. The van der Waals surface area contributed by atoms with Crippen molar-refractivity contribution in [1.82, 2.24) is 4.67 Å². The van der Waals surface area contributed by atoms with E-state index in [2.05, 4.69) is 72.4 Å². The van der Waals surface area contributed by atoms with Crippen LogP contribution in [-0.2, 0) is 0 Å². The second-order valence-corrected chi connectivity index (χ2v) is 10.8. The lowest BCUT2D eigenvalue weighted by Gasteiger charge is -2.46. The Labute approximate surface area is 167 Å². The van der Waals surface area contributed by atoms with Gasteiger partial charge in [0.15, 0.2) is 0 Å². The smallest absolute Gasteiger partial charge is 0.0281 e. The van der Waals surface area contributed by atoms with Gasteiger partial charge in [0, 0.05) is 14.1 Å². The summed E-state index contributed by atoms with van der Waals surface area (Å²) in [6.45, 7) is 0. The summed E-state index contributed by atoms with van der Waals surface area (Å²) in [5, 5.41) is 2.99. The normalized spacial score (nSPS) is 24.4. The predicted molar refractivity (Wildman–Crippen MR) is 119 cm³/mol. The topological polar surface area (TPSA) is 3.24 Å². The zero-order chi connectivity index (χ0) is 18.5. The SMILES string of the molecule is CN([C@@H]1CCCC[C@H]1C1CCCCC1)P(c1ccccc1)c1ccccc1. The molecule has 0 aliphatic heterocycles. The second kappa shape index (κ2) is 9.35. The zero-order valence-electron chi connectivity index (χ0n) is 16.8. The van der Waals surface area contributed by atoms with Crippen LogP contribution in [0.15, 0.2) is 60.7 Å². The molecule has 0 aromatic heterocycles. The fraction of sp³-hybridized carbons (Fsp3) is 0.520. The van der Waals surface area contributed by atoms with Crippen molar-refractivity contribution in [2.45, 2.75) is 63.8 Å². The third-order valence-electron chi connectivity index (χ3n) is 6.83. The number of rotatable bonds is 5. The molecule has 1 nitrogen and oxygen atoms in total. The summed E-state index contributed by atoms with van der Waals surface area (Å²) in [5.74, 6) is 1.87. The highest BCUT2D eigenvalue weighted by atomic mass is 31.1. The maximum atomic E-state index is 2.80. The van der Waals surface area contributed by atoms with Crippen molar-refractivity contribution < 1.29 is 0 Å². The summed E-state index contributed by atoms with van der Waals surface area (Å²) in [5.41, 5.74) is 0. The van der Waals surface area contributed by atoms with Gasteiger partial charge in [-0.3, -0.25) is 4.67 Å². The largest absolute Gasteiger partial charge is 0.275 e. The van der Waals surface area contributed by atoms with Gasteiger partial charge in [0.1, 0.15) is 0 Å². The Kier molecular flexibility index (Phi) is 6.64. The first-order valence-corrected chi connectivity index (χ1v) is 12.3. The van der Waals surface area contributed by atoms with Crippen LogP contribution >= 0.6 is 8.07 Å². The average molecular weight is 380 g/mol. The van der Waals surface area contributed by atoms with Gasteiger partial charge in [0.25, 0.3) is 0 Å². The first-order valence-electron chi connectivity index (χ1n) is 11.0. The van der Waals surface area contributed by atoms with E-state index in [4.69, 9.17) is 0 Å². The van der Waals surface area contributed by atoms with Gasteiger partial charge in [0.05, 0.1) is 0 Å². The molecule has 2 atom stereocenters. The average Bonchev–Trinajstić information content (AvgIpc) is 2.76. The van der Waals surface area contributed by atoms with Crippen molar-refractivity contribution in [2.75, 3.05) is 7.05 Å². The molecule has 2 fully saturated rings. The fourth-order valence-corrected chi connectivity index (χ4v) is 8.04. The number of nitrogens with zero attached hydrogens (tertiary/aromatic N) is 1. The van der Waals surface area contributed by atoms with Gasteiger partial charge in [-0.25, -0.2) is 0 Å². The van der Waals surface area contributed by atoms with E-state index >= 15 is 0 Å². The number of hydrogen-bond acceptors (Lipinski definition) is 1. The van der Waals surface area contributed by atoms with E-state index in [0.717, 1.165) is 17.9 Å². The molecular formula is C25H34NP. The van der Waals surface area contributed by atoms with E-state index < -0.39 is 8.07 Å². The van der Waals surface area contributed by atoms with Gasteiger partial charge in [-0.15, -0.1) is 0 Å². The Bertz CT molecular complexity index is 640. The summed E-state index contributed by atoms with van der Waals surface area (Å²) in [4.78, 5) is 0. The van der Waals surface area contributed by atoms with Crippen LogP contribution < -0.4 is 10.6 Å². The van der Waals surface area contributed by atoms with Crippen molar-refractivity contribution >= 4 is 18.7 Å². The van der Waals surface area contributed by atoms with E-state index in [9.17, 15) is 0 Å². The molecule has 0 unspecified atom stereocenters. The Morgan fingerprint density at radius 1 is 0.667 bits per heavy atom. The first kappa shape index (κ1) is 19.2. The second-order valence-electron chi connectivity index (χ2n) is 8.47. The maximum Gasteiger partial charge on any atom is 0.0281 e. The number of benzene rings is 2. The molecule has 2 aliphatic carbocycles. The Balaban J connectivity index is 1.64. The summed E-state index contributed by atoms with van der Waals surface area (Å²) < 4.78 is 2.80. The third-order valence-corrected chi connectivity index (χ3v) is 9.34. The molecule has 0 radical (unpaired) electrons. The van der Waals surface area contributed by atoms with Crippen LogP contribution in [0.3, 0.4) is 0 Å². The third kappa shape index (κ3) is 4.47. The van der Waals surface area contributed by atoms with Crippen molar-refractivity contribution in [3.05, 3.63) is 60.7 Å². The molecule has 0 spiro atoms. The van der Waals surface area contributed by atoms with Gasteiger partial charge in [-0.05, 0) is 42.3 Å². The quantitative estimate of drug-likeness (QED) is 0.567. The van der Waals surface area contributed by atoms with Gasteiger partial charge in [-0.2, -0.15) is 0 Å². The van der Waals surface area contributed by atoms with Gasteiger partial charge in [0.2, 0.25) is 0 Å². The molecule has 0 amide bonds. The van der Waals surface area contributed by atoms with Crippen LogP contribution in [0.4, 0.5) is 0 Å². The van der Waals surface area contributed by atoms with Gasteiger partial charge in [-0.1, -0.05) is 106 Å². The molecule has 2 heteroatoms. The minimum Gasteiger partial charge on any atom is -0.275 e. The summed E-state index contributed by atoms with van der Waals surface area (Å²) in [6, 6.07) is 23.2. The van der Waals surface area contributed by atoms with Crippen molar-refractivity contribution in [2.24, 2.45) is 11.8 Å². The Hall–Kier alpha value is -1.17. The van der Waals surface area contributed by atoms with E-state index in [1.807, 2.05) is 0 Å². The van der Waals surface area contributed by atoms with Crippen molar-refractivity contribution in [1.29, 1.82) is 0 Å². The summed E-state index contributed by atoms with van der Waals surface area (Å²) in [7, 11) is 1.98. The monoisotopic (exact) mass is 379 g/mol. The number of hydrogen-bond donors (Lipinski definition) is 0. The van der Waals surface area contributed by atoms with Crippen LogP contribution in [0.2, 0.25) is 0 Å². The lowest BCUT2D eigenvalue weighted by Crippen LogP contribution is -2.43. The van der Waals surface area contributed by atoms with Gasteiger partial charge < -0.3 is 0 Å². The molecule has 27 heavy (non-hydrogen) atoms. The summed E-state index contributed by atoms with van der Waals surface area (Å²) in [6.07, 6.45) is 13.0. The molecule has 2 saturated carbocycles. The zero-order valence-corrected chi connectivity index (χ0v) is 17.7. The van der Waals surface area contributed by atoms with Gasteiger partial charge >= 0.3 is 0 Å². The van der Waals surface area contributed by atoms with E-state index in [-0.39, 0.29) is 0 Å². The minimum absolute atomic E-state index is 0.449. The van der Waals surface area contributed by atoms with Crippen LogP contribution in [0.25, 0.3) is 0 Å². The highest BCUT2D eigenvalue weighted by Crippen LogP contribution is 2.47. The molecule has 4 rings (SSSR count). The standard InChI is InChI=1S/C25H34NP/c1-26(25-20-12-11-19-24(25)21-13-5-2-6-14-21)27(22-15-7-3-8-16-22)23-17-9-4-10-18-23/h3-4,7-10,15-18,21,24-25H,2,5-6,11-14,19-20H2,1H3/t24-,25+/m0/s1. The summed E-state index contributed by atoms with van der Waals surface area (Å²) >= 11 is 0. The van der Waals surface area contributed by atoms with Crippen LogP contribution in [-0.4, -0.2) is 17.8 Å². The lowest BCUT2D eigenvalue weighted by molar-refractivity contribution is 0.119. The Morgan fingerprint density at radius 2 is 1.19 bits per heavy atom. The van der Waals surface area contributed by atoms with Crippen molar-refractivity contribution in [3.63, 3.8) is 0 Å². The van der Waals surface area contributed by atoms with Crippen LogP contribution in [0.5, 0.6) is 0 Å². The predicted octanol–water partition coefficient (Wildman–Crippen LogP) is 6.11. The minimum atomic E-state index is -0.449. The van der Waals surface area contributed by atoms with Crippen LogP contribution in [0.1, 0.15) is 57.8 Å². The molecule has 2 aromatic rings. The highest BCUT2D eigenvalue weighted by Gasteiger charge is 2.37. The molecule has 2 aromatic carbocycles. The molecule has 0 N–H and O–H groups in total. The fourth-order valence-electron chi connectivity index (χ4n) is 5.52. The molecule has 0 saturated heterocycles. The Morgan fingerprint density at radius 3 is 1.78 bits per heavy atom.